The van der Waals surface area contributed by atoms with Crippen molar-refractivity contribution in [3.63, 3.8) is 0 Å². The van der Waals surface area contributed by atoms with Crippen molar-refractivity contribution in [2.24, 2.45) is 0 Å². The first kappa shape index (κ1) is 25.9. The molecule has 0 aliphatic carbocycles. The van der Waals surface area contributed by atoms with E-state index in [0.717, 1.165) is 11.1 Å². The van der Waals surface area contributed by atoms with Crippen LogP contribution in [0.5, 0.6) is 0 Å². The smallest absolute Gasteiger partial charge is 0.146 e. The van der Waals surface area contributed by atoms with Gasteiger partial charge in [0, 0.05) is 98.1 Å². The third-order valence-corrected chi connectivity index (χ3v) is 2.47. The first-order valence-corrected chi connectivity index (χ1v) is 6.17. The van der Waals surface area contributed by atoms with Gasteiger partial charge in [-0.3, -0.25) is 4.79 Å². The average molecular weight is 526 g/mol. The Morgan fingerprint density at radius 3 is 2.43 bits per heavy atom. The minimum Gasteiger partial charge on any atom is -0.358 e. The third-order valence-electron chi connectivity index (χ3n) is 2.47. The largest absolute Gasteiger partial charge is 0.358 e. The molecule has 0 spiro atoms. The van der Waals surface area contributed by atoms with Crippen LogP contribution < -0.4 is 5.32 Å². The molecule has 1 N–H and O–H groups in total. The van der Waals surface area contributed by atoms with Crippen LogP contribution >= 0.6 is 0 Å². The Bertz CT molecular complexity index is 640. The summed E-state index contributed by atoms with van der Waals surface area (Å²) in [6.07, 6.45) is 8.97. The van der Waals surface area contributed by atoms with E-state index in [-0.39, 0.29) is 104 Å². The Morgan fingerprint density at radius 2 is 1.78 bits per heavy atom. The molecule has 3 radical (unpaired) electrons. The number of hydrogen-bond donors (Lipinski definition) is 1. The Labute approximate surface area is 213 Å². The number of rotatable bonds is 4. The second-order valence-corrected chi connectivity index (χ2v) is 4.03. The van der Waals surface area contributed by atoms with Crippen LogP contribution in [0.1, 0.15) is 18.1 Å². The van der Waals surface area contributed by atoms with Gasteiger partial charge in [0.2, 0.25) is 0 Å². The SMILES string of the molecule is C[C-]=Cc1[c-]ccc(NC(=O)[C-]=Cc2[c-]cccc2)c1.[Y].[Y].[Y]. The Kier molecular flexibility index (Phi) is 16.9. The zero-order chi connectivity index (χ0) is 14.2. The second kappa shape index (κ2) is 15.0. The molecule has 5 heteroatoms. The molecule has 2 rings (SSSR count). The summed E-state index contributed by atoms with van der Waals surface area (Å²) in [5, 5.41) is 2.75. The van der Waals surface area contributed by atoms with Crippen molar-refractivity contribution in [3.8, 4) is 0 Å². The van der Waals surface area contributed by atoms with Gasteiger partial charge in [0.15, 0.2) is 0 Å². The second-order valence-electron chi connectivity index (χ2n) is 4.03. The molecule has 0 saturated carbocycles. The van der Waals surface area contributed by atoms with Crippen LogP contribution in [0.15, 0.2) is 42.5 Å². The molecule has 0 saturated heterocycles. The minimum absolute atomic E-state index is 0. The first-order chi connectivity index (χ1) is 9.78. The van der Waals surface area contributed by atoms with E-state index in [4.69, 9.17) is 0 Å². The molecular formula is C18H13NOY3-4. The molecule has 0 atom stereocenters. The fourth-order valence-corrected chi connectivity index (χ4v) is 1.61. The molecule has 109 valence electrons. The Morgan fingerprint density at radius 1 is 1.04 bits per heavy atom. The molecule has 2 aromatic carbocycles. The number of benzene rings is 2. The maximum Gasteiger partial charge on any atom is 0.146 e. The number of allylic oxidation sites excluding steroid dienone is 1. The van der Waals surface area contributed by atoms with Crippen molar-refractivity contribution in [1.29, 1.82) is 0 Å². The zero-order valence-corrected chi connectivity index (χ0v) is 21.4. The van der Waals surface area contributed by atoms with Crippen LogP contribution in [0, 0.1) is 24.3 Å². The monoisotopic (exact) mass is 526 g/mol. The molecule has 0 bridgehead atoms. The third kappa shape index (κ3) is 10.3. The summed E-state index contributed by atoms with van der Waals surface area (Å²) in [6, 6.07) is 18.8. The van der Waals surface area contributed by atoms with E-state index in [9.17, 15) is 4.79 Å². The number of anilines is 1. The van der Waals surface area contributed by atoms with Crippen molar-refractivity contribution in [2.75, 3.05) is 5.32 Å². The summed E-state index contributed by atoms with van der Waals surface area (Å²) in [4.78, 5) is 11.8. The van der Waals surface area contributed by atoms with Crippen LogP contribution in [-0.4, -0.2) is 5.91 Å². The number of carbonyl (C=O) groups excluding carboxylic acids is 1. The van der Waals surface area contributed by atoms with Crippen molar-refractivity contribution in [1.82, 2.24) is 0 Å². The molecular weight excluding hydrogens is 513 g/mol. The maximum atomic E-state index is 11.8. The van der Waals surface area contributed by atoms with Crippen molar-refractivity contribution < 1.29 is 103 Å². The Hall–Kier alpha value is 0.702. The van der Waals surface area contributed by atoms with Crippen LogP contribution in [-0.2, 0) is 103 Å². The van der Waals surface area contributed by atoms with Crippen molar-refractivity contribution in [3.05, 3.63) is 77.9 Å². The zero-order valence-electron chi connectivity index (χ0n) is 12.8. The minimum atomic E-state index is -0.302. The summed E-state index contributed by atoms with van der Waals surface area (Å²) >= 11 is 0. The molecule has 1 amide bonds. The van der Waals surface area contributed by atoms with E-state index >= 15 is 0 Å². The molecule has 0 unspecified atom stereocenters. The Balaban J connectivity index is 0. The first-order valence-electron chi connectivity index (χ1n) is 6.17. The molecule has 2 nitrogen and oxygen atoms in total. The van der Waals surface area contributed by atoms with Crippen LogP contribution in [0.25, 0.3) is 12.2 Å². The molecule has 0 heterocycles. The van der Waals surface area contributed by atoms with E-state index in [2.05, 4.69) is 29.6 Å². The predicted molar refractivity (Wildman–Crippen MR) is 80.3 cm³/mol. The fourth-order valence-electron chi connectivity index (χ4n) is 1.61. The predicted octanol–water partition coefficient (Wildman–Crippen LogP) is 3.57. The summed E-state index contributed by atoms with van der Waals surface area (Å²) in [5.41, 5.74) is 2.38. The normalized spacial score (nSPS) is 9.61. The van der Waals surface area contributed by atoms with Gasteiger partial charge in [-0.2, -0.15) is 18.2 Å². The van der Waals surface area contributed by atoms with Gasteiger partial charge in [-0.05, 0) is 0 Å². The van der Waals surface area contributed by atoms with Crippen LogP contribution in [0.4, 0.5) is 5.69 Å². The maximum absolute atomic E-state index is 11.8. The van der Waals surface area contributed by atoms with Gasteiger partial charge >= 0.3 is 0 Å². The number of hydrogen-bond acceptors (Lipinski definition) is 1. The van der Waals surface area contributed by atoms with Crippen molar-refractivity contribution >= 4 is 23.7 Å². The summed E-state index contributed by atoms with van der Waals surface area (Å²) in [6.45, 7) is 1.81. The van der Waals surface area contributed by atoms with Gasteiger partial charge in [-0.25, -0.2) is 30.3 Å². The summed E-state index contributed by atoms with van der Waals surface area (Å²) < 4.78 is 0. The quantitative estimate of drug-likeness (QED) is 0.480. The van der Waals surface area contributed by atoms with E-state index in [0.29, 0.717) is 5.69 Å². The van der Waals surface area contributed by atoms with Crippen LogP contribution in [0.2, 0.25) is 0 Å². The van der Waals surface area contributed by atoms with Crippen LogP contribution in [0.3, 0.4) is 0 Å². The average Bonchev–Trinajstić information content (AvgIpc) is 2.47. The topological polar surface area (TPSA) is 29.1 Å². The van der Waals surface area contributed by atoms with Gasteiger partial charge in [0.1, 0.15) is 5.91 Å². The standard InChI is InChI=1S/C18H13NO.3Y/c1-2-7-16-10-6-11-17(14-16)19-18(20)13-12-15-8-4-3-5-9-15;;;/h3-8,11-12,14H,1H3,(H,19,20);;;/q-4;;;. The van der Waals surface area contributed by atoms with E-state index in [1.807, 2.05) is 31.2 Å². The van der Waals surface area contributed by atoms with Crippen molar-refractivity contribution in [2.45, 2.75) is 6.92 Å². The number of nitrogens with one attached hydrogen (secondary N) is 1. The van der Waals surface area contributed by atoms with E-state index < -0.39 is 0 Å². The molecule has 0 aromatic heterocycles. The van der Waals surface area contributed by atoms with E-state index in [1.54, 1.807) is 30.4 Å². The fraction of sp³-hybridized carbons (Fsp3) is 0.0556. The molecule has 0 aliphatic heterocycles. The van der Waals surface area contributed by atoms with Gasteiger partial charge in [0.05, 0.1) is 0 Å². The summed E-state index contributed by atoms with van der Waals surface area (Å²) in [7, 11) is 0. The van der Waals surface area contributed by atoms with E-state index in [1.165, 1.54) is 0 Å². The van der Waals surface area contributed by atoms with Gasteiger partial charge < -0.3 is 34.7 Å². The summed E-state index contributed by atoms with van der Waals surface area (Å²) in [5.74, 6) is -0.302. The molecule has 23 heavy (non-hydrogen) atoms. The number of amides is 1. The molecule has 0 fully saturated rings. The van der Waals surface area contributed by atoms with Gasteiger partial charge in [0.25, 0.3) is 0 Å². The molecule has 2 aromatic rings. The number of carbonyl (C=O) groups is 1. The van der Waals surface area contributed by atoms with Gasteiger partial charge in [-0.15, -0.1) is 19.1 Å². The van der Waals surface area contributed by atoms with Gasteiger partial charge in [-0.1, -0.05) is 5.69 Å². The molecule has 0 aliphatic rings.